The highest BCUT2D eigenvalue weighted by molar-refractivity contribution is 5.91. The second-order valence-electron chi connectivity index (χ2n) is 12.0. The summed E-state index contributed by atoms with van der Waals surface area (Å²) in [7, 11) is 0. The minimum absolute atomic E-state index is 0.0872. The number of aliphatic hydroxyl groups excluding tert-OH is 1. The lowest BCUT2D eigenvalue weighted by Crippen LogP contribution is -2.48. The van der Waals surface area contributed by atoms with E-state index in [9.17, 15) is 14.7 Å². The van der Waals surface area contributed by atoms with E-state index >= 15 is 0 Å². The summed E-state index contributed by atoms with van der Waals surface area (Å²) in [5.74, 6) is -0.805. The standard InChI is InChI=1S/C32H38N4O4/c1-19(2)29(27-17-28(35-40-27)32(4,5)6)31(39)36-18-23(37)16-26(36)30(38)34-20(3)21-12-14-22(15-13-21)24-10-8-9-11-25(24)33-7/h8-15,17,19-20,23,26,29,37H,16,18H2,1-6H3,(H,34,38)/t20-,23+,26-,29+/m0/s1. The lowest BCUT2D eigenvalue weighted by atomic mass is 9.88. The molecule has 0 unspecified atom stereocenters. The van der Waals surface area contributed by atoms with Gasteiger partial charge in [-0.25, -0.2) is 4.85 Å². The number of nitrogens with zero attached hydrogens (tertiary/aromatic N) is 3. The van der Waals surface area contributed by atoms with Gasteiger partial charge < -0.3 is 19.8 Å². The molecule has 0 aliphatic carbocycles. The summed E-state index contributed by atoms with van der Waals surface area (Å²) < 4.78 is 5.62. The van der Waals surface area contributed by atoms with Crippen molar-refractivity contribution in [3.63, 3.8) is 0 Å². The third-order valence-electron chi connectivity index (χ3n) is 7.51. The minimum Gasteiger partial charge on any atom is -0.391 e. The van der Waals surface area contributed by atoms with E-state index in [2.05, 4.69) is 15.3 Å². The van der Waals surface area contributed by atoms with Gasteiger partial charge in [0.2, 0.25) is 11.8 Å². The van der Waals surface area contributed by atoms with Crippen LogP contribution >= 0.6 is 0 Å². The Labute approximate surface area is 236 Å². The van der Waals surface area contributed by atoms with E-state index in [1.165, 1.54) is 4.90 Å². The fourth-order valence-electron chi connectivity index (χ4n) is 5.17. The molecule has 0 spiro atoms. The molecule has 1 fully saturated rings. The molecule has 1 aromatic heterocycles. The minimum atomic E-state index is -0.791. The number of aromatic nitrogens is 1. The Morgan fingerprint density at radius 2 is 1.80 bits per heavy atom. The summed E-state index contributed by atoms with van der Waals surface area (Å²) in [6.07, 6.45) is -0.616. The van der Waals surface area contributed by atoms with Gasteiger partial charge >= 0.3 is 0 Å². The Hall–Kier alpha value is -3.96. The Kier molecular flexibility index (Phi) is 8.45. The lowest BCUT2D eigenvalue weighted by molar-refractivity contribution is -0.141. The number of hydrogen-bond donors (Lipinski definition) is 2. The van der Waals surface area contributed by atoms with Gasteiger partial charge in [0, 0.05) is 24.4 Å². The molecular weight excluding hydrogens is 504 g/mol. The fourth-order valence-corrected chi connectivity index (χ4v) is 5.17. The van der Waals surface area contributed by atoms with Gasteiger partial charge in [0.05, 0.1) is 24.4 Å². The first-order valence-corrected chi connectivity index (χ1v) is 13.7. The van der Waals surface area contributed by atoms with E-state index in [4.69, 9.17) is 11.1 Å². The summed E-state index contributed by atoms with van der Waals surface area (Å²) in [5.41, 5.74) is 3.79. The summed E-state index contributed by atoms with van der Waals surface area (Å²) in [6, 6.07) is 15.9. The maximum Gasteiger partial charge on any atom is 0.243 e. The number of likely N-dealkylation sites (tertiary alicyclic amines) is 1. The van der Waals surface area contributed by atoms with Crippen LogP contribution in [0.25, 0.3) is 16.0 Å². The average molecular weight is 543 g/mol. The molecule has 0 saturated carbocycles. The van der Waals surface area contributed by atoms with Crippen LogP contribution in [0.4, 0.5) is 5.69 Å². The van der Waals surface area contributed by atoms with Gasteiger partial charge in [0.25, 0.3) is 0 Å². The van der Waals surface area contributed by atoms with Crippen LogP contribution in [0.5, 0.6) is 0 Å². The van der Waals surface area contributed by atoms with Gasteiger partial charge in [-0.3, -0.25) is 9.59 Å². The van der Waals surface area contributed by atoms with Crippen LogP contribution in [0.15, 0.2) is 59.1 Å². The highest BCUT2D eigenvalue weighted by Gasteiger charge is 2.43. The van der Waals surface area contributed by atoms with Crippen LogP contribution in [-0.4, -0.2) is 45.7 Å². The quantitative estimate of drug-likeness (QED) is 0.369. The van der Waals surface area contributed by atoms with Crippen LogP contribution in [-0.2, 0) is 15.0 Å². The van der Waals surface area contributed by atoms with Gasteiger partial charge in [-0.15, -0.1) is 0 Å². The van der Waals surface area contributed by atoms with Crippen molar-refractivity contribution < 1.29 is 19.2 Å². The number of rotatable bonds is 7. The number of aliphatic hydroxyl groups is 1. The molecule has 4 rings (SSSR count). The normalized spacial score (nSPS) is 18.8. The summed E-state index contributed by atoms with van der Waals surface area (Å²) in [5, 5.41) is 17.7. The lowest BCUT2D eigenvalue weighted by Gasteiger charge is -2.29. The van der Waals surface area contributed by atoms with Crippen molar-refractivity contribution in [2.75, 3.05) is 6.54 Å². The van der Waals surface area contributed by atoms with E-state index in [0.717, 1.165) is 22.4 Å². The molecule has 2 N–H and O–H groups in total. The number of hydrogen-bond acceptors (Lipinski definition) is 5. The molecule has 8 nitrogen and oxygen atoms in total. The van der Waals surface area contributed by atoms with E-state index in [-0.39, 0.29) is 42.2 Å². The van der Waals surface area contributed by atoms with Gasteiger partial charge in [-0.2, -0.15) is 0 Å². The number of β-amino-alcohol motifs (C(OH)–C–C–N with tert-alkyl or cyclic N) is 1. The SMILES string of the molecule is [C-]#[N+]c1ccccc1-c1ccc([C@H](C)NC(=O)[C@@H]2C[C@@H](O)CN2C(=O)[C@@H](c2cc(C(C)(C)C)no2)C(C)C)cc1. The predicted octanol–water partition coefficient (Wildman–Crippen LogP) is 5.77. The molecule has 2 amide bonds. The van der Waals surface area contributed by atoms with Gasteiger partial charge in [0.1, 0.15) is 17.7 Å². The molecule has 3 aromatic rings. The highest BCUT2D eigenvalue weighted by atomic mass is 16.5. The number of para-hydroxylation sites is 1. The molecule has 8 heteroatoms. The number of carbonyl (C=O) groups is 2. The molecule has 2 aromatic carbocycles. The van der Waals surface area contributed by atoms with Crippen molar-refractivity contribution in [3.8, 4) is 11.1 Å². The first-order valence-electron chi connectivity index (χ1n) is 13.7. The monoisotopic (exact) mass is 542 g/mol. The van der Waals surface area contributed by atoms with E-state index in [1.54, 1.807) is 6.07 Å². The second kappa shape index (κ2) is 11.6. The van der Waals surface area contributed by atoms with E-state index < -0.39 is 18.1 Å². The maximum atomic E-state index is 13.8. The third kappa shape index (κ3) is 6.10. The number of benzene rings is 2. The summed E-state index contributed by atoms with van der Waals surface area (Å²) >= 11 is 0. The van der Waals surface area contributed by atoms with Crippen molar-refractivity contribution in [1.82, 2.24) is 15.4 Å². The molecule has 40 heavy (non-hydrogen) atoms. The summed E-state index contributed by atoms with van der Waals surface area (Å²) in [6.45, 7) is 19.3. The largest absolute Gasteiger partial charge is 0.391 e. The molecule has 0 bridgehead atoms. The predicted molar refractivity (Wildman–Crippen MR) is 154 cm³/mol. The topological polar surface area (TPSA) is 100 Å². The molecular formula is C32H38N4O4. The third-order valence-corrected chi connectivity index (χ3v) is 7.51. The van der Waals surface area contributed by atoms with Gasteiger partial charge in [-0.1, -0.05) is 88.3 Å². The van der Waals surface area contributed by atoms with Crippen molar-refractivity contribution in [2.45, 2.75) is 77.5 Å². The van der Waals surface area contributed by atoms with E-state index in [1.807, 2.05) is 90.1 Å². The second-order valence-corrected chi connectivity index (χ2v) is 12.0. The van der Waals surface area contributed by atoms with Crippen LogP contribution < -0.4 is 5.32 Å². The van der Waals surface area contributed by atoms with Gasteiger partial charge in [0.15, 0.2) is 5.69 Å². The Bertz CT molecular complexity index is 1400. The van der Waals surface area contributed by atoms with Crippen molar-refractivity contribution in [1.29, 1.82) is 0 Å². The zero-order chi connectivity index (χ0) is 29.2. The van der Waals surface area contributed by atoms with Crippen molar-refractivity contribution in [3.05, 3.63) is 83.0 Å². The first-order chi connectivity index (χ1) is 18.9. The molecule has 2 heterocycles. The zero-order valence-corrected chi connectivity index (χ0v) is 24.0. The van der Waals surface area contributed by atoms with Crippen LogP contribution in [0, 0.1) is 12.5 Å². The van der Waals surface area contributed by atoms with Crippen molar-refractivity contribution in [2.24, 2.45) is 5.92 Å². The Morgan fingerprint density at radius 3 is 2.40 bits per heavy atom. The maximum absolute atomic E-state index is 13.8. The van der Waals surface area contributed by atoms with E-state index in [0.29, 0.717) is 11.4 Å². The number of amides is 2. The average Bonchev–Trinajstić information content (AvgIpc) is 3.56. The highest BCUT2D eigenvalue weighted by Crippen LogP contribution is 2.34. The molecule has 0 radical (unpaired) electrons. The first kappa shape index (κ1) is 29.0. The fraction of sp³-hybridized carbons (Fsp3) is 0.438. The van der Waals surface area contributed by atoms with Crippen LogP contribution in [0.1, 0.15) is 76.9 Å². The van der Waals surface area contributed by atoms with Crippen molar-refractivity contribution >= 4 is 17.5 Å². The molecule has 210 valence electrons. The van der Waals surface area contributed by atoms with Gasteiger partial charge in [-0.05, 0) is 29.5 Å². The summed E-state index contributed by atoms with van der Waals surface area (Å²) in [4.78, 5) is 32.3. The molecule has 4 atom stereocenters. The Balaban J connectivity index is 1.49. The van der Waals surface area contributed by atoms with Crippen LogP contribution in [0.3, 0.4) is 0 Å². The molecule has 1 aliphatic rings. The zero-order valence-electron chi connectivity index (χ0n) is 24.0. The Morgan fingerprint density at radius 1 is 1.12 bits per heavy atom. The molecule has 1 saturated heterocycles. The number of nitrogens with one attached hydrogen (secondary N) is 1. The number of carbonyl (C=O) groups excluding carboxylic acids is 2. The smallest absolute Gasteiger partial charge is 0.243 e. The van der Waals surface area contributed by atoms with Crippen LogP contribution in [0.2, 0.25) is 0 Å². The molecule has 1 aliphatic heterocycles.